The van der Waals surface area contributed by atoms with E-state index in [1.807, 2.05) is 0 Å². The van der Waals surface area contributed by atoms with Crippen LogP contribution in [0, 0.1) is 0 Å². The lowest BCUT2D eigenvalue weighted by Crippen LogP contribution is -2.42. The van der Waals surface area contributed by atoms with E-state index in [1.165, 1.54) is 0 Å². The van der Waals surface area contributed by atoms with Gasteiger partial charge < -0.3 is 15.9 Å². The monoisotopic (exact) mass is 226 g/mol. The minimum atomic E-state index is -0.0339. The molecular weight excluding hydrogens is 212 g/mol. The lowest BCUT2D eigenvalue weighted by Gasteiger charge is -2.24. The topological polar surface area (TPSA) is 105 Å². The predicted octanol–water partition coefficient (Wildman–Crippen LogP) is -1.96. The van der Waals surface area contributed by atoms with Crippen LogP contribution in [0.1, 0.15) is 0 Å². The standard InChI is InChI=1S/C8H14N6O2/c9-7-11-8-10-1-2-13(8)14(7)12(3-5-15)4-6-16/h1-2,15-16H,3-6H2,(H2,9,10,11). The molecule has 0 radical (unpaired) electrons. The summed E-state index contributed by atoms with van der Waals surface area (Å²) in [5, 5.41) is 19.6. The van der Waals surface area contributed by atoms with Crippen LogP contribution in [0.15, 0.2) is 12.4 Å². The fourth-order valence-corrected chi connectivity index (χ4v) is 1.59. The van der Waals surface area contributed by atoms with Crippen molar-refractivity contribution in [3.8, 4) is 0 Å². The van der Waals surface area contributed by atoms with E-state index in [-0.39, 0.29) is 19.2 Å². The van der Waals surface area contributed by atoms with Gasteiger partial charge in [-0.25, -0.2) is 9.50 Å². The lowest BCUT2D eigenvalue weighted by atomic mass is 10.6. The van der Waals surface area contributed by atoms with Crippen LogP contribution in [0.4, 0.5) is 5.95 Å². The van der Waals surface area contributed by atoms with Gasteiger partial charge in [-0.15, -0.1) is 0 Å². The second kappa shape index (κ2) is 4.37. The van der Waals surface area contributed by atoms with Gasteiger partial charge in [0.1, 0.15) is 0 Å². The summed E-state index contributed by atoms with van der Waals surface area (Å²) in [6.45, 7) is 0.643. The molecule has 0 saturated carbocycles. The molecule has 2 heterocycles. The minimum absolute atomic E-state index is 0.0339. The van der Waals surface area contributed by atoms with Gasteiger partial charge in [0, 0.05) is 6.20 Å². The van der Waals surface area contributed by atoms with Crippen LogP contribution in [0.2, 0.25) is 0 Å². The van der Waals surface area contributed by atoms with Crippen LogP contribution >= 0.6 is 0 Å². The number of nitrogens with zero attached hydrogens (tertiary/aromatic N) is 5. The molecule has 0 aliphatic carbocycles. The number of aromatic nitrogens is 4. The zero-order valence-corrected chi connectivity index (χ0v) is 8.69. The van der Waals surface area contributed by atoms with Crippen molar-refractivity contribution in [2.75, 3.05) is 37.0 Å². The van der Waals surface area contributed by atoms with Crippen molar-refractivity contribution in [2.24, 2.45) is 0 Å². The van der Waals surface area contributed by atoms with Gasteiger partial charge in [-0.2, -0.15) is 9.77 Å². The summed E-state index contributed by atoms with van der Waals surface area (Å²) < 4.78 is 1.65. The summed E-state index contributed by atoms with van der Waals surface area (Å²) >= 11 is 0. The molecule has 0 atom stereocenters. The third-order valence-corrected chi connectivity index (χ3v) is 2.21. The average molecular weight is 226 g/mol. The van der Waals surface area contributed by atoms with Crippen LogP contribution in [0.5, 0.6) is 0 Å². The van der Waals surface area contributed by atoms with Crippen molar-refractivity contribution in [3.05, 3.63) is 12.4 Å². The molecule has 0 aliphatic rings. The van der Waals surface area contributed by atoms with Gasteiger partial charge in [-0.05, 0) is 0 Å². The summed E-state index contributed by atoms with van der Waals surface area (Å²) in [7, 11) is 0. The molecule has 4 N–H and O–H groups in total. The van der Waals surface area contributed by atoms with Crippen LogP contribution in [0.3, 0.4) is 0 Å². The maximum atomic E-state index is 8.95. The molecule has 2 aromatic rings. The fourth-order valence-electron chi connectivity index (χ4n) is 1.59. The number of nitrogen functional groups attached to an aromatic ring is 1. The van der Waals surface area contributed by atoms with Gasteiger partial charge in [0.15, 0.2) is 0 Å². The summed E-state index contributed by atoms with van der Waals surface area (Å²) in [5.74, 6) is 0.753. The highest BCUT2D eigenvalue weighted by atomic mass is 16.3. The Bertz CT molecular complexity index is 458. The van der Waals surface area contributed by atoms with Crippen LogP contribution < -0.4 is 10.7 Å². The molecule has 0 unspecified atom stereocenters. The van der Waals surface area contributed by atoms with Crippen molar-refractivity contribution in [2.45, 2.75) is 0 Å². The molecular formula is C8H14N6O2. The van der Waals surface area contributed by atoms with E-state index in [0.29, 0.717) is 18.9 Å². The molecule has 0 bridgehead atoms. The first-order valence-corrected chi connectivity index (χ1v) is 4.92. The fraction of sp³-hybridized carbons (Fsp3) is 0.500. The molecule has 8 nitrogen and oxygen atoms in total. The molecule has 0 aromatic carbocycles. The van der Waals surface area contributed by atoms with Crippen molar-refractivity contribution < 1.29 is 10.2 Å². The molecule has 0 amide bonds. The normalized spacial score (nSPS) is 11.1. The average Bonchev–Trinajstić information content (AvgIpc) is 2.77. The van der Waals surface area contributed by atoms with E-state index in [1.54, 1.807) is 26.7 Å². The highest BCUT2D eigenvalue weighted by Crippen LogP contribution is 2.06. The highest BCUT2D eigenvalue weighted by Gasteiger charge is 2.13. The van der Waals surface area contributed by atoms with Gasteiger partial charge in [0.2, 0.25) is 5.95 Å². The number of fused-ring (bicyclic) bond motifs is 1. The summed E-state index contributed by atoms with van der Waals surface area (Å²) in [4.78, 5) is 9.63. The molecule has 8 heteroatoms. The second-order valence-electron chi connectivity index (χ2n) is 3.23. The predicted molar refractivity (Wildman–Crippen MR) is 57.5 cm³/mol. The zero-order chi connectivity index (χ0) is 11.5. The Labute approximate surface area is 91.5 Å². The second-order valence-corrected chi connectivity index (χ2v) is 3.23. The van der Waals surface area contributed by atoms with Crippen LogP contribution in [-0.2, 0) is 0 Å². The quantitative estimate of drug-likeness (QED) is 0.546. The number of hydrogen-bond donors (Lipinski definition) is 3. The molecule has 0 fully saturated rings. The lowest BCUT2D eigenvalue weighted by molar-refractivity contribution is 0.260. The Hall–Kier alpha value is -1.80. The molecule has 0 saturated heterocycles. The Morgan fingerprint density at radius 2 is 2.00 bits per heavy atom. The maximum absolute atomic E-state index is 8.95. The molecule has 16 heavy (non-hydrogen) atoms. The first-order chi connectivity index (χ1) is 7.77. The van der Waals surface area contributed by atoms with E-state index < -0.39 is 0 Å². The largest absolute Gasteiger partial charge is 0.394 e. The van der Waals surface area contributed by atoms with E-state index in [9.17, 15) is 0 Å². The Balaban J connectivity index is 2.41. The van der Waals surface area contributed by atoms with E-state index >= 15 is 0 Å². The first-order valence-electron chi connectivity index (χ1n) is 4.92. The summed E-state index contributed by atoms with van der Waals surface area (Å²) in [6.07, 6.45) is 3.31. The SMILES string of the molecule is Nc1nc2nccn2n1N(CCO)CCO. The first kappa shape index (κ1) is 10.7. The van der Waals surface area contributed by atoms with Crippen LogP contribution in [0.25, 0.3) is 5.78 Å². The number of anilines is 1. The van der Waals surface area contributed by atoms with Gasteiger partial charge >= 0.3 is 0 Å². The van der Waals surface area contributed by atoms with E-state index in [2.05, 4.69) is 9.97 Å². The number of imidazole rings is 1. The molecule has 0 aliphatic heterocycles. The third-order valence-electron chi connectivity index (χ3n) is 2.21. The van der Waals surface area contributed by atoms with Crippen LogP contribution in [-0.4, -0.2) is 55.8 Å². The van der Waals surface area contributed by atoms with Gasteiger partial charge in [0.25, 0.3) is 5.78 Å². The smallest absolute Gasteiger partial charge is 0.253 e. The molecule has 2 rings (SSSR count). The number of aliphatic hydroxyl groups is 2. The zero-order valence-electron chi connectivity index (χ0n) is 8.69. The van der Waals surface area contributed by atoms with Gasteiger partial charge in [-0.1, -0.05) is 0 Å². The highest BCUT2D eigenvalue weighted by molar-refractivity contribution is 5.35. The number of hydrogen-bond acceptors (Lipinski definition) is 6. The summed E-state index contributed by atoms with van der Waals surface area (Å²) in [6, 6.07) is 0. The minimum Gasteiger partial charge on any atom is -0.394 e. The third kappa shape index (κ3) is 1.68. The Morgan fingerprint density at radius 1 is 1.31 bits per heavy atom. The number of rotatable bonds is 5. The van der Waals surface area contributed by atoms with Gasteiger partial charge in [0.05, 0.1) is 32.5 Å². The van der Waals surface area contributed by atoms with Gasteiger partial charge in [-0.3, -0.25) is 5.01 Å². The van der Waals surface area contributed by atoms with Crippen molar-refractivity contribution in [3.63, 3.8) is 0 Å². The summed E-state index contributed by atoms with van der Waals surface area (Å²) in [5.41, 5.74) is 5.75. The number of nitrogens with two attached hydrogens (primary N) is 1. The van der Waals surface area contributed by atoms with Crippen molar-refractivity contribution in [1.82, 2.24) is 19.3 Å². The van der Waals surface area contributed by atoms with E-state index in [0.717, 1.165) is 0 Å². The van der Waals surface area contributed by atoms with E-state index in [4.69, 9.17) is 15.9 Å². The molecule has 2 aromatic heterocycles. The Morgan fingerprint density at radius 3 is 2.62 bits per heavy atom. The van der Waals surface area contributed by atoms with Crippen molar-refractivity contribution in [1.29, 1.82) is 0 Å². The number of aliphatic hydroxyl groups excluding tert-OH is 2. The molecule has 88 valence electrons. The maximum Gasteiger partial charge on any atom is 0.253 e. The Kier molecular flexibility index (Phi) is 2.93. The van der Waals surface area contributed by atoms with Crippen molar-refractivity contribution >= 4 is 11.7 Å². The molecule has 0 spiro atoms.